The Balaban J connectivity index is 2.32. The maximum absolute atomic E-state index is 5.34. The lowest BCUT2D eigenvalue weighted by molar-refractivity contribution is 0.185. The summed E-state index contributed by atoms with van der Waals surface area (Å²) in [5, 5.41) is 0. The van der Waals surface area contributed by atoms with Crippen LogP contribution in [0.5, 0.6) is 0 Å². The van der Waals surface area contributed by atoms with Crippen LogP contribution in [0, 0.1) is 12.3 Å². The van der Waals surface area contributed by atoms with Gasteiger partial charge in [-0.1, -0.05) is 36.3 Å². The average molecular weight is 222 g/mol. The Hall–Kier alpha value is -2.04. The lowest BCUT2D eigenvalue weighted by Gasteiger charge is -2.05. The molecule has 2 rings (SSSR count). The van der Waals surface area contributed by atoms with Crippen molar-refractivity contribution in [1.82, 2.24) is 0 Å². The normalized spacial score (nSPS) is 9.88. The molecule has 0 N–H and O–H groups in total. The van der Waals surface area contributed by atoms with Gasteiger partial charge in [0.1, 0.15) is 0 Å². The van der Waals surface area contributed by atoms with Gasteiger partial charge in [0.15, 0.2) is 0 Å². The molecule has 0 aromatic heterocycles. The smallest absolute Gasteiger partial charge is 0.0713 e. The average Bonchev–Trinajstić information content (AvgIpc) is 2.40. The molecular formula is C16H14O. The number of benzene rings is 2. The number of methoxy groups -OCH3 is 1. The quantitative estimate of drug-likeness (QED) is 0.722. The van der Waals surface area contributed by atoms with E-state index in [0.29, 0.717) is 6.61 Å². The van der Waals surface area contributed by atoms with Gasteiger partial charge in [0, 0.05) is 12.7 Å². The zero-order valence-corrected chi connectivity index (χ0v) is 9.81. The van der Waals surface area contributed by atoms with Crippen LogP contribution >= 0.6 is 0 Å². The summed E-state index contributed by atoms with van der Waals surface area (Å²) in [5.74, 6) is 2.62. The summed E-state index contributed by atoms with van der Waals surface area (Å²) >= 11 is 0. The fourth-order valence-corrected chi connectivity index (χ4v) is 1.77. The first-order chi connectivity index (χ1) is 8.33. The molecule has 1 nitrogen and oxygen atoms in total. The van der Waals surface area contributed by atoms with Gasteiger partial charge in [-0.3, -0.25) is 0 Å². The molecule has 17 heavy (non-hydrogen) atoms. The summed E-state index contributed by atoms with van der Waals surface area (Å²) in [6.45, 7) is 0.635. The maximum Gasteiger partial charge on any atom is 0.0713 e. The van der Waals surface area contributed by atoms with Gasteiger partial charge in [0.25, 0.3) is 0 Å². The molecule has 0 fully saturated rings. The van der Waals surface area contributed by atoms with Crippen LogP contribution in [0.25, 0.3) is 11.1 Å². The first-order valence-corrected chi connectivity index (χ1v) is 5.48. The first kappa shape index (κ1) is 11.4. The highest BCUT2D eigenvalue weighted by atomic mass is 16.5. The van der Waals surface area contributed by atoms with Crippen LogP contribution in [0.3, 0.4) is 0 Å². The first-order valence-electron chi connectivity index (χ1n) is 5.48. The van der Waals surface area contributed by atoms with Crippen molar-refractivity contribution in [3.63, 3.8) is 0 Å². The third-order valence-corrected chi connectivity index (χ3v) is 2.62. The predicted molar refractivity (Wildman–Crippen MR) is 70.5 cm³/mol. The number of rotatable bonds is 3. The lowest BCUT2D eigenvalue weighted by atomic mass is 10.0. The number of terminal acetylenes is 1. The van der Waals surface area contributed by atoms with E-state index in [1.54, 1.807) is 7.11 Å². The summed E-state index contributed by atoms with van der Waals surface area (Å²) in [6.07, 6.45) is 5.34. The molecule has 0 unspecified atom stereocenters. The Morgan fingerprint density at radius 1 is 1.06 bits per heavy atom. The van der Waals surface area contributed by atoms with Crippen LogP contribution in [0.2, 0.25) is 0 Å². The van der Waals surface area contributed by atoms with E-state index >= 15 is 0 Å². The molecule has 0 aliphatic heterocycles. The molecule has 0 spiro atoms. The van der Waals surface area contributed by atoms with Crippen molar-refractivity contribution >= 4 is 0 Å². The van der Waals surface area contributed by atoms with Crippen molar-refractivity contribution < 1.29 is 4.74 Å². The van der Waals surface area contributed by atoms with E-state index in [-0.39, 0.29) is 0 Å². The Bertz CT molecular complexity index is 532. The second kappa shape index (κ2) is 5.34. The van der Waals surface area contributed by atoms with Crippen LogP contribution in [-0.4, -0.2) is 7.11 Å². The van der Waals surface area contributed by atoms with Crippen LogP contribution in [0.4, 0.5) is 0 Å². The van der Waals surface area contributed by atoms with Gasteiger partial charge in [-0.25, -0.2) is 0 Å². The molecular weight excluding hydrogens is 208 g/mol. The monoisotopic (exact) mass is 222 g/mol. The summed E-state index contributed by atoms with van der Waals surface area (Å²) in [4.78, 5) is 0. The Morgan fingerprint density at radius 2 is 1.82 bits per heavy atom. The third-order valence-electron chi connectivity index (χ3n) is 2.62. The molecule has 0 aliphatic rings. The van der Waals surface area contributed by atoms with Gasteiger partial charge in [0.2, 0.25) is 0 Å². The molecule has 0 atom stereocenters. The Labute approximate surface area is 102 Å². The molecule has 84 valence electrons. The predicted octanol–water partition coefficient (Wildman–Crippen LogP) is 3.48. The van der Waals surface area contributed by atoms with Gasteiger partial charge in [-0.2, -0.15) is 0 Å². The fraction of sp³-hybridized carbons (Fsp3) is 0.125. The third kappa shape index (κ3) is 2.75. The van der Waals surface area contributed by atoms with Gasteiger partial charge in [-0.05, 0) is 34.9 Å². The Morgan fingerprint density at radius 3 is 2.47 bits per heavy atom. The van der Waals surface area contributed by atoms with Gasteiger partial charge >= 0.3 is 0 Å². The molecule has 0 saturated carbocycles. The van der Waals surface area contributed by atoms with Crippen LogP contribution in [0.15, 0.2) is 48.5 Å². The molecule has 2 aromatic rings. The Kier molecular flexibility index (Phi) is 3.59. The van der Waals surface area contributed by atoms with Crippen molar-refractivity contribution in [3.05, 3.63) is 59.7 Å². The molecule has 0 radical (unpaired) electrons. The molecule has 0 amide bonds. The zero-order valence-electron chi connectivity index (χ0n) is 9.81. The SMILES string of the molecule is C#Cc1ccc(-c2cccc(COC)c2)cc1. The summed E-state index contributed by atoms with van der Waals surface area (Å²) in [6, 6.07) is 16.3. The molecule has 0 saturated heterocycles. The van der Waals surface area contributed by atoms with Crippen molar-refractivity contribution in [3.8, 4) is 23.5 Å². The minimum absolute atomic E-state index is 0.635. The van der Waals surface area contributed by atoms with Crippen molar-refractivity contribution in [2.75, 3.05) is 7.11 Å². The zero-order chi connectivity index (χ0) is 12.1. The second-order valence-electron chi connectivity index (χ2n) is 3.86. The summed E-state index contributed by atoms with van der Waals surface area (Å²) in [7, 11) is 1.70. The lowest BCUT2D eigenvalue weighted by Crippen LogP contribution is -1.88. The second-order valence-corrected chi connectivity index (χ2v) is 3.86. The molecule has 0 bridgehead atoms. The van der Waals surface area contributed by atoms with E-state index < -0.39 is 0 Å². The van der Waals surface area contributed by atoms with Crippen LogP contribution in [-0.2, 0) is 11.3 Å². The van der Waals surface area contributed by atoms with Crippen LogP contribution < -0.4 is 0 Å². The number of ether oxygens (including phenoxy) is 1. The van der Waals surface area contributed by atoms with E-state index in [0.717, 1.165) is 5.56 Å². The summed E-state index contributed by atoms with van der Waals surface area (Å²) in [5.41, 5.74) is 4.43. The molecule has 1 heteroatoms. The van der Waals surface area contributed by atoms with E-state index in [9.17, 15) is 0 Å². The number of hydrogen-bond donors (Lipinski definition) is 0. The highest BCUT2D eigenvalue weighted by Gasteiger charge is 1.99. The standard InChI is InChI=1S/C16H14O/c1-3-13-7-9-15(10-8-13)16-6-4-5-14(11-16)12-17-2/h1,4-11H,12H2,2H3. The fourth-order valence-electron chi connectivity index (χ4n) is 1.77. The van der Waals surface area contributed by atoms with Gasteiger partial charge in [0.05, 0.1) is 6.61 Å². The largest absolute Gasteiger partial charge is 0.380 e. The summed E-state index contributed by atoms with van der Waals surface area (Å²) < 4.78 is 5.13. The highest BCUT2D eigenvalue weighted by molar-refractivity contribution is 5.65. The van der Waals surface area contributed by atoms with Crippen molar-refractivity contribution in [2.24, 2.45) is 0 Å². The minimum atomic E-state index is 0.635. The van der Waals surface area contributed by atoms with Crippen molar-refractivity contribution in [2.45, 2.75) is 6.61 Å². The van der Waals surface area contributed by atoms with Gasteiger partial charge < -0.3 is 4.74 Å². The highest BCUT2D eigenvalue weighted by Crippen LogP contribution is 2.21. The molecule has 2 aromatic carbocycles. The van der Waals surface area contributed by atoms with Crippen LogP contribution in [0.1, 0.15) is 11.1 Å². The molecule has 0 heterocycles. The topological polar surface area (TPSA) is 9.23 Å². The minimum Gasteiger partial charge on any atom is -0.380 e. The van der Waals surface area contributed by atoms with E-state index in [4.69, 9.17) is 11.2 Å². The van der Waals surface area contributed by atoms with Gasteiger partial charge in [-0.15, -0.1) is 6.42 Å². The van der Waals surface area contributed by atoms with E-state index in [1.165, 1.54) is 16.7 Å². The van der Waals surface area contributed by atoms with E-state index in [2.05, 4.69) is 24.1 Å². The maximum atomic E-state index is 5.34. The van der Waals surface area contributed by atoms with E-state index in [1.807, 2.05) is 30.3 Å². The number of hydrogen-bond acceptors (Lipinski definition) is 1. The van der Waals surface area contributed by atoms with Crippen molar-refractivity contribution in [1.29, 1.82) is 0 Å². The molecule has 0 aliphatic carbocycles.